The lowest BCUT2D eigenvalue weighted by Crippen LogP contribution is -2.52. The second-order valence-corrected chi connectivity index (χ2v) is 9.86. The van der Waals surface area contributed by atoms with Crippen molar-refractivity contribution in [2.45, 2.75) is 51.1 Å². The molecule has 0 aliphatic carbocycles. The van der Waals surface area contributed by atoms with Crippen LogP contribution in [0, 0.1) is 0 Å². The molecule has 0 saturated carbocycles. The zero-order valence-electron chi connectivity index (χ0n) is 21.4. The Morgan fingerprint density at radius 2 is 1.50 bits per heavy atom. The van der Waals surface area contributed by atoms with Crippen molar-refractivity contribution in [3.63, 3.8) is 0 Å². The van der Waals surface area contributed by atoms with E-state index in [1.54, 1.807) is 23.8 Å². The van der Waals surface area contributed by atoms with Gasteiger partial charge in [0.15, 0.2) is 0 Å². The summed E-state index contributed by atoms with van der Waals surface area (Å²) in [5.74, 6) is 1.65. The molecule has 3 aromatic carbocycles. The lowest BCUT2D eigenvalue weighted by Gasteiger charge is -2.32. The summed E-state index contributed by atoms with van der Waals surface area (Å²) in [5.41, 5.74) is 3.15. The Balaban J connectivity index is 1.80. The van der Waals surface area contributed by atoms with Crippen LogP contribution in [0.15, 0.2) is 84.9 Å². The number of amides is 2. The number of nitrogens with zero attached hydrogens (tertiary/aromatic N) is 1. The molecule has 190 valence electrons. The summed E-state index contributed by atoms with van der Waals surface area (Å²) in [6.45, 7) is 4.42. The maximum absolute atomic E-state index is 13.6. The van der Waals surface area contributed by atoms with Crippen molar-refractivity contribution in [2.24, 2.45) is 0 Å². The molecular weight excluding hydrogens is 468 g/mol. The number of nitrogens with one attached hydrogen (secondary N) is 1. The van der Waals surface area contributed by atoms with Crippen LogP contribution < -0.4 is 10.1 Å². The molecule has 1 N–H and O–H groups in total. The van der Waals surface area contributed by atoms with E-state index in [1.165, 1.54) is 0 Å². The first-order chi connectivity index (χ1) is 17.5. The first-order valence-electron chi connectivity index (χ1n) is 12.4. The number of carbonyl (C=O) groups is 2. The van der Waals surface area contributed by atoms with E-state index in [0.29, 0.717) is 24.5 Å². The third kappa shape index (κ3) is 8.45. The standard InChI is InChI=1S/C30H36N2O3S/c1-4-23(2)31-30(34)28(19-24-11-7-5-8-12-24)32(20-25-13-9-6-10-14-25)29(33)22-36-21-26-15-17-27(35-3)18-16-26/h5-18,23,28H,4,19-22H2,1-3H3,(H,31,34). The first kappa shape index (κ1) is 27.3. The topological polar surface area (TPSA) is 58.6 Å². The van der Waals surface area contributed by atoms with E-state index >= 15 is 0 Å². The molecule has 5 nitrogen and oxygen atoms in total. The first-order valence-corrected chi connectivity index (χ1v) is 13.5. The van der Waals surface area contributed by atoms with Gasteiger partial charge in [0.25, 0.3) is 0 Å². The normalized spacial score (nSPS) is 12.4. The highest BCUT2D eigenvalue weighted by atomic mass is 32.2. The van der Waals surface area contributed by atoms with Crippen LogP contribution in [0.2, 0.25) is 0 Å². The minimum atomic E-state index is -0.601. The SMILES string of the molecule is CCC(C)NC(=O)C(Cc1ccccc1)N(Cc1ccccc1)C(=O)CSCc1ccc(OC)cc1. The van der Waals surface area contributed by atoms with E-state index in [2.05, 4.69) is 5.32 Å². The molecule has 0 aliphatic rings. The Hall–Kier alpha value is -3.25. The lowest BCUT2D eigenvalue weighted by molar-refractivity contribution is -0.139. The van der Waals surface area contributed by atoms with Crippen LogP contribution in [0.25, 0.3) is 0 Å². The Labute approximate surface area is 219 Å². The molecule has 0 aliphatic heterocycles. The summed E-state index contributed by atoms with van der Waals surface area (Å²) in [4.78, 5) is 28.9. The van der Waals surface area contributed by atoms with Gasteiger partial charge in [-0.15, -0.1) is 11.8 Å². The molecule has 3 aromatic rings. The second kappa shape index (κ2) is 14.3. The summed E-state index contributed by atoms with van der Waals surface area (Å²) in [5, 5.41) is 3.11. The van der Waals surface area contributed by atoms with Crippen molar-refractivity contribution in [1.82, 2.24) is 10.2 Å². The molecule has 6 heteroatoms. The summed E-state index contributed by atoms with van der Waals surface area (Å²) in [7, 11) is 1.65. The van der Waals surface area contributed by atoms with Gasteiger partial charge in [0.05, 0.1) is 12.9 Å². The summed E-state index contributed by atoms with van der Waals surface area (Å²) < 4.78 is 5.23. The fraction of sp³-hybridized carbons (Fsp3) is 0.333. The average Bonchev–Trinajstić information content (AvgIpc) is 2.92. The molecule has 0 heterocycles. The van der Waals surface area contributed by atoms with Gasteiger partial charge in [-0.05, 0) is 42.2 Å². The lowest BCUT2D eigenvalue weighted by atomic mass is 10.0. The highest BCUT2D eigenvalue weighted by Crippen LogP contribution is 2.20. The third-order valence-corrected chi connectivity index (χ3v) is 7.11. The predicted molar refractivity (Wildman–Crippen MR) is 148 cm³/mol. The smallest absolute Gasteiger partial charge is 0.243 e. The monoisotopic (exact) mass is 504 g/mol. The third-order valence-electron chi connectivity index (χ3n) is 6.12. The van der Waals surface area contributed by atoms with E-state index in [-0.39, 0.29) is 17.9 Å². The van der Waals surface area contributed by atoms with Crippen molar-refractivity contribution in [3.8, 4) is 5.75 Å². The van der Waals surface area contributed by atoms with Crippen LogP contribution in [0.5, 0.6) is 5.75 Å². The molecule has 0 bridgehead atoms. The zero-order valence-corrected chi connectivity index (χ0v) is 22.2. The summed E-state index contributed by atoms with van der Waals surface area (Å²) >= 11 is 1.56. The van der Waals surface area contributed by atoms with Crippen LogP contribution in [-0.2, 0) is 28.3 Å². The van der Waals surface area contributed by atoms with Gasteiger partial charge in [0.2, 0.25) is 11.8 Å². The minimum absolute atomic E-state index is 0.0360. The Morgan fingerprint density at radius 3 is 2.08 bits per heavy atom. The average molecular weight is 505 g/mol. The van der Waals surface area contributed by atoms with E-state index in [9.17, 15) is 9.59 Å². The van der Waals surface area contributed by atoms with E-state index < -0.39 is 6.04 Å². The Morgan fingerprint density at radius 1 is 0.889 bits per heavy atom. The summed E-state index contributed by atoms with van der Waals surface area (Å²) in [6, 6.07) is 27.1. The molecule has 2 unspecified atom stereocenters. The number of hydrogen-bond donors (Lipinski definition) is 1. The number of hydrogen-bond acceptors (Lipinski definition) is 4. The van der Waals surface area contributed by atoms with Crippen LogP contribution in [0.3, 0.4) is 0 Å². The summed E-state index contributed by atoms with van der Waals surface area (Å²) in [6.07, 6.45) is 1.29. The molecular formula is C30H36N2O3S. The molecule has 0 fully saturated rings. The number of thioether (sulfide) groups is 1. The van der Waals surface area contributed by atoms with Gasteiger partial charge in [0.1, 0.15) is 11.8 Å². The van der Waals surface area contributed by atoms with Gasteiger partial charge in [0, 0.05) is 24.8 Å². The fourth-order valence-electron chi connectivity index (χ4n) is 3.84. The molecule has 0 aromatic heterocycles. The predicted octanol–water partition coefficient (Wildman–Crippen LogP) is 5.48. The highest BCUT2D eigenvalue weighted by molar-refractivity contribution is 7.99. The maximum atomic E-state index is 13.6. The van der Waals surface area contributed by atoms with E-state index in [4.69, 9.17) is 4.74 Å². The molecule has 0 spiro atoms. The van der Waals surface area contributed by atoms with Crippen LogP contribution in [0.4, 0.5) is 0 Å². The number of benzene rings is 3. The van der Waals surface area contributed by atoms with Crippen LogP contribution >= 0.6 is 11.8 Å². The van der Waals surface area contributed by atoms with Crippen LogP contribution in [0.1, 0.15) is 37.0 Å². The van der Waals surface area contributed by atoms with Crippen molar-refractivity contribution in [2.75, 3.05) is 12.9 Å². The van der Waals surface area contributed by atoms with Gasteiger partial charge in [-0.1, -0.05) is 79.7 Å². The minimum Gasteiger partial charge on any atom is -0.497 e. The molecule has 0 saturated heterocycles. The fourth-order valence-corrected chi connectivity index (χ4v) is 4.71. The van der Waals surface area contributed by atoms with E-state index in [1.807, 2.05) is 98.8 Å². The van der Waals surface area contributed by atoms with Gasteiger partial charge in [-0.25, -0.2) is 0 Å². The van der Waals surface area contributed by atoms with Crippen molar-refractivity contribution >= 4 is 23.6 Å². The van der Waals surface area contributed by atoms with Gasteiger partial charge < -0.3 is 15.0 Å². The molecule has 3 rings (SSSR count). The second-order valence-electron chi connectivity index (χ2n) is 8.87. The molecule has 36 heavy (non-hydrogen) atoms. The zero-order chi connectivity index (χ0) is 25.8. The Bertz CT molecular complexity index is 1070. The van der Waals surface area contributed by atoms with E-state index in [0.717, 1.165) is 28.9 Å². The van der Waals surface area contributed by atoms with Gasteiger partial charge in [-0.2, -0.15) is 0 Å². The quantitative estimate of drug-likeness (QED) is 0.335. The molecule has 0 radical (unpaired) electrons. The molecule has 2 atom stereocenters. The number of methoxy groups -OCH3 is 1. The number of carbonyl (C=O) groups excluding carboxylic acids is 2. The number of rotatable bonds is 13. The van der Waals surface area contributed by atoms with Crippen molar-refractivity contribution in [1.29, 1.82) is 0 Å². The van der Waals surface area contributed by atoms with Gasteiger partial charge >= 0.3 is 0 Å². The largest absolute Gasteiger partial charge is 0.497 e. The molecule has 2 amide bonds. The highest BCUT2D eigenvalue weighted by Gasteiger charge is 2.30. The van der Waals surface area contributed by atoms with Crippen LogP contribution in [-0.4, -0.2) is 41.7 Å². The Kier molecular flexibility index (Phi) is 10.9. The van der Waals surface area contributed by atoms with Crippen molar-refractivity contribution in [3.05, 3.63) is 102 Å². The van der Waals surface area contributed by atoms with Crippen molar-refractivity contribution < 1.29 is 14.3 Å². The number of ether oxygens (including phenoxy) is 1. The maximum Gasteiger partial charge on any atom is 0.243 e. The van der Waals surface area contributed by atoms with Gasteiger partial charge in [-0.3, -0.25) is 9.59 Å².